The van der Waals surface area contributed by atoms with Gasteiger partial charge in [0.1, 0.15) is 0 Å². The van der Waals surface area contributed by atoms with Crippen molar-refractivity contribution in [1.82, 2.24) is 4.72 Å². The van der Waals surface area contributed by atoms with Gasteiger partial charge >= 0.3 is 0 Å². The SMILES string of the molecule is C[C@@H](CO)NS(=O)(=O)c1ccc(Cl)c(N)c1. The van der Waals surface area contributed by atoms with Crippen molar-refractivity contribution >= 4 is 27.3 Å². The van der Waals surface area contributed by atoms with Gasteiger partial charge in [-0.25, -0.2) is 13.1 Å². The summed E-state index contributed by atoms with van der Waals surface area (Å²) >= 11 is 5.68. The summed E-state index contributed by atoms with van der Waals surface area (Å²) in [5.74, 6) is 0. The van der Waals surface area contributed by atoms with Crippen LogP contribution in [-0.4, -0.2) is 26.2 Å². The Balaban J connectivity index is 3.03. The standard InChI is InChI=1S/C9H13ClN2O3S/c1-6(5-13)12-16(14,15)7-2-3-8(10)9(11)4-7/h2-4,6,12-13H,5,11H2,1H3/t6-/m0/s1. The van der Waals surface area contributed by atoms with Crippen LogP contribution in [-0.2, 0) is 10.0 Å². The Morgan fingerprint density at radius 1 is 1.56 bits per heavy atom. The summed E-state index contributed by atoms with van der Waals surface area (Å²) in [6, 6.07) is 3.48. The number of sulfonamides is 1. The molecule has 1 aromatic rings. The number of benzene rings is 1. The third-order valence-electron chi connectivity index (χ3n) is 1.91. The number of halogens is 1. The minimum absolute atomic E-state index is 0.0229. The van der Waals surface area contributed by atoms with Gasteiger partial charge in [-0.05, 0) is 25.1 Å². The average Bonchev–Trinajstić information content (AvgIpc) is 2.21. The van der Waals surface area contributed by atoms with Crippen LogP contribution >= 0.6 is 11.6 Å². The molecule has 0 heterocycles. The molecule has 0 amide bonds. The Hall–Kier alpha value is -0.820. The molecule has 7 heteroatoms. The van der Waals surface area contributed by atoms with E-state index in [1.54, 1.807) is 6.92 Å². The van der Waals surface area contributed by atoms with Crippen LogP contribution < -0.4 is 10.5 Å². The van der Waals surface area contributed by atoms with Crippen molar-refractivity contribution in [2.75, 3.05) is 12.3 Å². The molecule has 0 unspecified atom stereocenters. The van der Waals surface area contributed by atoms with Gasteiger partial charge in [-0.15, -0.1) is 0 Å². The zero-order valence-corrected chi connectivity index (χ0v) is 10.2. The summed E-state index contributed by atoms with van der Waals surface area (Å²) in [7, 11) is -3.66. The van der Waals surface area contributed by atoms with E-state index >= 15 is 0 Å². The Morgan fingerprint density at radius 3 is 2.69 bits per heavy atom. The van der Waals surface area contributed by atoms with E-state index in [1.807, 2.05) is 0 Å². The molecule has 1 rings (SSSR count). The topological polar surface area (TPSA) is 92.4 Å². The summed E-state index contributed by atoms with van der Waals surface area (Å²) in [6.45, 7) is 1.28. The molecule has 0 saturated heterocycles. The molecule has 0 aromatic heterocycles. The minimum atomic E-state index is -3.66. The van der Waals surface area contributed by atoms with Crippen LogP contribution in [0.4, 0.5) is 5.69 Å². The Morgan fingerprint density at radius 2 is 2.19 bits per heavy atom. The van der Waals surface area contributed by atoms with Crippen LogP contribution in [0.15, 0.2) is 23.1 Å². The van der Waals surface area contributed by atoms with Gasteiger partial charge in [-0.3, -0.25) is 0 Å². The van der Waals surface area contributed by atoms with Crippen molar-refractivity contribution in [3.63, 3.8) is 0 Å². The van der Waals surface area contributed by atoms with E-state index < -0.39 is 16.1 Å². The summed E-state index contributed by atoms with van der Waals surface area (Å²) in [5, 5.41) is 9.07. The third kappa shape index (κ3) is 3.08. The van der Waals surface area contributed by atoms with Crippen LogP contribution in [0.2, 0.25) is 5.02 Å². The molecule has 90 valence electrons. The number of aliphatic hydroxyl groups excluding tert-OH is 1. The Kier molecular flexibility index (Phi) is 4.15. The number of nitrogens with two attached hydrogens (primary N) is 1. The molecule has 4 N–H and O–H groups in total. The first-order valence-corrected chi connectivity index (χ1v) is 6.41. The highest BCUT2D eigenvalue weighted by atomic mass is 35.5. The summed E-state index contributed by atoms with van der Waals surface area (Å²) in [6.07, 6.45) is 0. The molecular formula is C9H13ClN2O3S. The monoisotopic (exact) mass is 264 g/mol. The Labute approximate surface area is 99.3 Å². The summed E-state index contributed by atoms with van der Waals surface area (Å²) in [4.78, 5) is 0.0229. The fourth-order valence-corrected chi connectivity index (χ4v) is 2.45. The van der Waals surface area contributed by atoms with Crippen LogP contribution in [0.5, 0.6) is 0 Å². The molecule has 1 atom stereocenters. The first-order chi connectivity index (χ1) is 7.36. The van der Waals surface area contributed by atoms with Crippen LogP contribution in [0.25, 0.3) is 0 Å². The van der Waals surface area contributed by atoms with E-state index in [-0.39, 0.29) is 17.2 Å². The molecule has 0 aliphatic heterocycles. The van der Waals surface area contributed by atoms with E-state index in [0.717, 1.165) is 0 Å². The third-order valence-corrected chi connectivity index (χ3v) is 3.84. The zero-order valence-electron chi connectivity index (χ0n) is 8.64. The van der Waals surface area contributed by atoms with Crippen molar-refractivity contribution in [2.45, 2.75) is 17.9 Å². The second kappa shape index (κ2) is 5.01. The normalized spacial score (nSPS) is 13.7. The molecular weight excluding hydrogens is 252 g/mol. The fourth-order valence-electron chi connectivity index (χ4n) is 1.06. The van der Waals surface area contributed by atoms with E-state index in [4.69, 9.17) is 22.4 Å². The van der Waals surface area contributed by atoms with E-state index in [2.05, 4.69) is 4.72 Å². The van der Waals surface area contributed by atoms with Crippen LogP contribution in [0.3, 0.4) is 0 Å². The molecule has 0 saturated carbocycles. The largest absolute Gasteiger partial charge is 0.397 e. The van der Waals surface area contributed by atoms with Crippen molar-refractivity contribution < 1.29 is 13.5 Å². The predicted molar refractivity (Wildman–Crippen MR) is 62.7 cm³/mol. The van der Waals surface area contributed by atoms with E-state index in [1.165, 1.54) is 18.2 Å². The number of aliphatic hydroxyl groups is 1. The van der Waals surface area contributed by atoms with Gasteiger partial charge in [0.15, 0.2) is 0 Å². The predicted octanol–water partition coefficient (Wildman–Crippen LogP) is 0.581. The highest BCUT2D eigenvalue weighted by Gasteiger charge is 2.17. The first-order valence-electron chi connectivity index (χ1n) is 4.55. The molecule has 0 radical (unpaired) electrons. The maximum absolute atomic E-state index is 11.7. The fraction of sp³-hybridized carbons (Fsp3) is 0.333. The lowest BCUT2D eigenvalue weighted by Crippen LogP contribution is -2.35. The maximum Gasteiger partial charge on any atom is 0.240 e. The lowest BCUT2D eigenvalue weighted by Gasteiger charge is -2.12. The quantitative estimate of drug-likeness (QED) is 0.694. The number of anilines is 1. The van der Waals surface area contributed by atoms with Gasteiger partial charge < -0.3 is 10.8 Å². The maximum atomic E-state index is 11.7. The number of hydrogen-bond donors (Lipinski definition) is 3. The van der Waals surface area contributed by atoms with Crippen molar-refractivity contribution in [1.29, 1.82) is 0 Å². The van der Waals surface area contributed by atoms with Crippen LogP contribution in [0.1, 0.15) is 6.92 Å². The average molecular weight is 265 g/mol. The van der Waals surface area contributed by atoms with E-state index in [9.17, 15) is 8.42 Å². The Bertz CT molecular complexity index is 476. The second-order valence-electron chi connectivity index (χ2n) is 3.39. The highest BCUT2D eigenvalue weighted by molar-refractivity contribution is 7.89. The van der Waals surface area contributed by atoms with Gasteiger partial charge in [-0.1, -0.05) is 11.6 Å². The number of nitrogen functional groups attached to an aromatic ring is 1. The lowest BCUT2D eigenvalue weighted by atomic mass is 10.3. The van der Waals surface area contributed by atoms with Crippen LogP contribution in [0, 0.1) is 0 Å². The summed E-state index contributed by atoms with van der Waals surface area (Å²) < 4.78 is 25.8. The van der Waals surface area contributed by atoms with Crippen molar-refractivity contribution in [3.05, 3.63) is 23.2 Å². The molecule has 0 aliphatic rings. The molecule has 0 bridgehead atoms. The molecule has 1 aromatic carbocycles. The van der Waals surface area contributed by atoms with Gasteiger partial charge in [0.25, 0.3) is 0 Å². The number of rotatable bonds is 4. The second-order valence-corrected chi connectivity index (χ2v) is 5.51. The first kappa shape index (κ1) is 13.2. The molecule has 0 spiro atoms. The molecule has 0 aliphatic carbocycles. The van der Waals surface area contributed by atoms with Gasteiger partial charge in [0.05, 0.1) is 22.2 Å². The van der Waals surface area contributed by atoms with Gasteiger partial charge in [0.2, 0.25) is 10.0 Å². The molecule has 0 fully saturated rings. The zero-order chi connectivity index (χ0) is 12.3. The van der Waals surface area contributed by atoms with Gasteiger partial charge in [-0.2, -0.15) is 0 Å². The smallest absolute Gasteiger partial charge is 0.240 e. The lowest BCUT2D eigenvalue weighted by molar-refractivity contribution is 0.265. The van der Waals surface area contributed by atoms with E-state index in [0.29, 0.717) is 5.02 Å². The minimum Gasteiger partial charge on any atom is -0.397 e. The number of hydrogen-bond acceptors (Lipinski definition) is 4. The molecule has 5 nitrogen and oxygen atoms in total. The highest BCUT2D eigenvalue weighted by Crippen LogP contribution is 2.22. The van der Waals surface area contributed by atoms with Crippen molar-refractivity contribution in [3.8, 4) is 0 Å². The molecule has 16 heavy (non-hydrogen) atoms. The van der Waals surface area contributed by atoms with Gasteiger partial charge in [0, 0.05) is 6.04 Å². The van der Waals surface area contributed by atoms with Crippen molar-refractivity contribution in [2.24, 2.45) is 0 Å². The summed E-state index contributed by atoms with van der Waals surface area (Å²) in [5.41, 5.74) is 5.70. The number of nitrogens with one attached hydrogen (secondary N) is 1.